The van der Waals surface area contributed by atoms with Crippen molar-refractivity contribution in [2.45, 2.75) is 20.3 Å². The van der Waals surface area contributed by atoms with Gasteiger partial charge < -0.3 is 14.6 Å². The van der Waals surface area contributed by atoms with Crippen molar-refractivity contribution in [1.82, 2.24) is 9.88 Å². The summed E-state index contributed by atoms with van der Waals surface area (Å²) in [6, 6.07) is 17.1. The Morgan fingerprint density at radius 1 is 1.04 bits per heavy atom. The van der Waals surface area contributed by atoms with E-state index in [-0.39, 0.29) is 0 Å². The first-order valence-electron chi connectivity index (χ1n) is 9.20. The van der Waals surface area contributed by atoms with Crippen LogP contribution in [-0.4, -0.2) is 29.9 Å². The quantitative estimate of drug-likeness (QED) is 0.506. The molecular weight excluding hydrogens is 352 g/mol. The van der Waals surface area contributed by atoms with Gasteiger partial charge >= 0.3 is 0 Å². The molecule has 3 aromatic rings. The zero-order valence-corrected chi connectivity index (χ0v) is 16.4. The zero-order chi connectivity index (χ0) is 20.1. The zero-order valence-electron chi connectivity index (χ0n) is 16.4. The molecule has 2 aromatic carbocycles. The first-order chi connectivity index (χ1) is 13.5. The summed E-state index contributed by atoms with van der Waals surface area (Å²) in [4.78, 5) is 25.0. The van der Waals surface area contributed by atoms with Crippen LogP contribution in [0.5, 0.6) is 5.75 Å². The minimum absolute atomic E-state index is 0.357. The van der Waals surface area contributed by atoms with Crippen molar-refractivity contribution in [2.75, 3.05) is 13.7 Å². The van der Waals surface area contributed by atoms with E-state index in [1.165, 1.54) is 0 Å². The normalized spacial score (nSPS) is 10.5. The second-order valence-corrected chi connectivity index (χ2v) is 6.74. The van der Waals surface area contributed by atoms with Crippen LogP contribution in [0.25, 0.3) is 5.69 Å². The van der Waals surface area contributed by atoms with Gasteiger partial charge in [0.15, 0.2) is 0 Å². The molecule has 0 saturated carbocycles. The van der Waals surface area contributed by atoms with Crippen molar-refractivity contribution in [1.29, 1.82) is 0 Å². The number of Topliss-reactive ketones (excluding diaryl/α,β-unsaturated/α-hetero) is 1. The molecule has 144 valence electrons. The molecule has 0 saturated heterocycles. The Labute approximate surface area is 165 Å². The molecule has 0 aliphatic rings. The van der Waals surface area contributed by atoms with Crippen LogP contribution in [0, 0.1) is 13.8 Å². The number of nitrogens with zero attached hydrogens (tertiary/aromatic N) is 1. The van der Waals surface area contributed by atoms with Gasteiger partial charge in [0, 0.05) is 18.4 Å². The lowest BCUT2D eigenvalue weighted by atomic mass is 10.1. The van der Waals surface area contributed by atoms with Crippen molar-refractivity contribution in [3.8, 4) is 11.4 Å². The van der Waals surface area contributed by atoms with E-state index in [0.29, 0.717) is 18.7 Å². The molecule has 28 heavy (non-hydrogen) atoms. The lowest BCUT2D eigenvalue weighted by Gasteiger charge is -2.12. The number of benzene rings is 2. The summed E-state index contributed by atoms with van der Waals surface area (Å²) in [5.41, 5.74) is 4.45. The van der Waals surface area contributed by atoms with Gasteiger partial charge in [-0.1, -0.05) is 24.3 Å². The van der Waals surface area contributed by atoms with Gasteiger partial charge in [-0.2, -0.15) is 0 Å². The largest absolute Gasteiger partial charge is 0.497 e. The van der Waals surface area contributed by atoms with Crippen LogP contribution in [0.15, 0.2) is 60.8 Å². The standard InChI is InChI=1S/C23H24N2O3/c1-16-6-7-17(2)21(15-16)25-14-4-5-20(25)22(26)23(27)24-13-12-18-8-10-19(28-3)11-9-18/h4-11,14-15H,12-13H2,1-3H3,(H,24,27). The fourth-order valence-electron chi connectivity index (χ4n) is 3.06. The van der Waals surface area contributed by atoms with Crippen LogP contribution >= 0.6 is 0 Å². The molecule has 5 nitrogen and oxygen atoms in total. The first-order valence-corrected chi connectivity index (χ1v) is 9.20. The fourth-order valence-corrected chi connectivity index (χ4v) is 3.06. The van der Waals surface area contributed by atoms with Gasteiger partial charge in [-0.05, 0) is 67.3 Å². The minimum Gasteiger partial charge on any atom is -0.497 e. The summed E-state index contributed by atoms with van der Waals surface area (Å²) in [5, 5.41) is 2.72. The predicted molar refractivity (Wildman–Crippen MR) is 109 cm³/mol. The average molecular weight is 376 g/mol. The highest BCUT2D eigenvalue weighted by molar-refractivity contribution is 6.42. The molecule has 0 radical (unpaired) electrons. The summed E-state index contributed by atoms with van der Waals surface area (Å²) in [5.74, 6) is -0.352. The van der Waals surface area contributed by atoms with Crippen LogP contribution in [0.3, 0.4) is 0 Å². The van der Waals surface area contributed by atoms with Crippen LogP contribution in [0.2, 0.25) is 0 Å². The van der Waals surface area contributed by atoms with Gasteiger partial charge in [0.1, 0.15) is 5.75 Å². The first kappa shape index (κ1) is 19.4. The number of carbonyl (C=O) groups excluding carboxylic acids is 2. The molecule has 1 heterocycles. The third-order valence-electron chi connectivity index (χ3n) is 4.67. The maximum absolute atomic E-state index is 12.7. The number of ether oxygens (including phenoxy) is 1. The molecule has 1 amide bonds. The molecule has 5 heteroatoms. The van der Waals surface area contributed by atoms with Crippen molar-refractivity contribution in [2.24, 2.45) is 0 Å². The molecule has 0 fully saturated rings. The number of aromatic nitrogens is 1. The molecule has 3 rings (SSSR count). The number of carbonyl (C=O) groups is 2. The summed E-state index contributed by atoms with van der Waals surface area (Å²) in [7, 11) is 1.62. The van der Waals surface area contributed by atoms with E-state index in [2.05, 4.69) is 5.32 Å². The van der Waals surface area contributed by atoms with Crippen molar-refractivity contribution >= 4 is 11.7 Å². The molecule has 0 unspecified atom stereocenters. The number of nitrogens with one attached hydrogen (secondary N) is 1. The highest BCUT2D eigenvalue weighted by Crippen LogP contribution is 2.19. The molecule has 1 aromatic heterocycles. The van der Waals surface area contributed by atoms with Gasteiger partial charge in [0.2, 0.25) is 0 Å². The molecular formula is C23H24N2O3. The minimum atomic E-state index is -0.598. The fraction of sp³-hybridized carbons (Fsp3) is 0.217. The lowest BCUT2D eigenvalue weighted by molar-refractivity contribution is -0.117. The maximum Gasteiger partial charge on any atom is 0.294 e. The Hall–Kier alpha value is -3.34. The second kappa shape index (κ2) is 8.57. The van der Waals surface area contributed by atoms with Gasteiger partial charge in [0.05, 0.1) is 12.8 Å². The number of ketones is 1. The Balaban J connectivity index is 1.66. The Morgan fingerprint density at radius 2 is 1.79 bits per heavy atom. The average Bonchev–Trinajstić information content (AvgIpc) is 3.19. The highest BCUT2D eigenvalue weighted by atomic mass is 16.5. The van der Waals surface area contributed by atoms with E-state index < -0.39 is 11.7 Å². The number of aryl methyl sites for hydroxylation is 2. The molecule has 0 atom stereocenters. The van der Waals surface area contributed by atoms with Crippen molar-refractivity contribution in [3.05, 3.63) is 83.2 Å². The molecule has 0 aliphatic heterocycles. The smallest absolute Gasteiger partial charge is 0.294 e. The Kier molecular flexibility index (Phi) is 5.94. The number of methoxy groups -OCH3 is 1. The number of amides is 1. The summed E-state index contributed by atoms with van der Waals surface area (Å²) in [6.07, 6.45) is 2.45. The van der Waals surface area contributed by atoms with Crippen LogP contribution in [0.1, 0.15) is 27.2 Å². The lowest BCUT2D eigenvalue weighted by Crippen LogP contribution is -2.33. The molecule has 0 aliphatic carbocycles. The summed E-state index contributed by atoms with van der Waals surface area (Å²) < 4.78 is 6.90. The third kappa shape index (κ3) is 4.31. The van der Waals surface area contributed by atoms with E-state index in [1.54, 1.807) is 30.0 Å². The van der Waals surface area contributed by atoms with Gasteiger partial charge in [0.25, 0.3) is 11.7 Å². The predicted octanol–water partition coefficient (Wildman–Crippen LogP) is 3.64. The molecule has 1 N–H and O–H groups in total. The van der Waals surface area contributed by atoms with Gasteiger partial charge in [-0.15, -0.1) is 0 Å². The van der Waals surface area contributed by atoms with Crippen molar-refractivity contribution in [3.63, 3.8) is 0 Å². The molecule has 0 spiro atoms. The van der Waals surface area contributed by atoms with Crippen LogP contribution in [-0.2, 0) is 11.2 Å². The monoisotopic (exact) mass is 376 g/mol. The summed E-state index contributed by atoms with van der Waals surface area (Å²) in [6.45, 7) is 4.37. The third-order valence-corrected chi connectivity index (χ3v) is 4.67. The number of hydrogen-bond donors (Lipinski definition) is 1. The Bertz CT molecular complexity index is 987. The summed E-state index contributed by atoms with van der Waals surface area (Å²) >= 11 is 0. The van der Waals surface area contributed by atoms with Crippen LogP contribution in [0.4, 0.5) is 0 Å². The van der Waals surface area contributed by atoms with E-state index in [9.17, 15) is 9.59 Å². The van der Waals surface area contributed by atoms with E-state index in [1.807, 2.05) is 56.3 Å². The topological polar surface area (TPSA) is 60.3 Å². The highest BCUT2D eigenvalue weighted by Gasteiger charge is 2.20. The van der Waals surface area contributed by atoms with E-state index >= 15 is 0 Å². The SMILES string of the molecule is COc1ccc(CCNC(=O)C(=O)c2cccn2-c2cc(C)ccc2C)cc1. The molecule has 0 bridgehead atoms. The number of hydrogen-bond acceptors (Lipinski definition) is 3. The van der Waals surface area contributed by atoms with E-state index in [0.717, 1.165) is 28.1 Å². The number of rotatable bonds is 7. The van der Waals surface area contributed by atoms with Crippen molar-refractivity contribution < 1.29 is 14.3 Å². The second-order valence-electron chi connectivity index (χ2n) is 6.74. The van der Waals surface area contributed by atoms with Gasteiger partial charge in [-0.25, -0.2) is 0 Å². The Morgan fingerprint density at radius 3 is 2.50 bits per heavy atom. The van der Waals surface area contributed by atoms with E-state index in [4.69, 9.17) is 4.74 Å². The van der Waals surface area contributed by atoms with Crippen LogP contribution < -0.4 is 10.1 Å². The maximum atomic E-state index is 12.7. The van der Waals surface area contributed by atoms with Gasteiger partial charge in [-0.3, -0.25) is 9.59 Å².